The number of methoxy groups -OCH3 is 1. The lowest BCUT2D eigenvalue weighted by atomic mass is 10.1. The molecule has 1 N–H and O–H groups in total. The SMILES string of the molecule is COc1ccc(C(F)(F)F)cc1Nc1ncc(C(F)(F)F)c(N2Cc3cccc(N(C)S(C)(=O)=O)c3C2)n1. The van der Waals surface area contributed by atoms with Crippen molar-refractivity contribution >= 4 is 33.2 Å². The van der Waals surface area contributed by atoms with Crippen LogP contribution >= 0.6 is 0 Å². The van der Waals surface area contributed by atoms with E-state index < -0.39 is 45.3 Å². The van der Waals surface area contributed by atoms with Gasteiger partial charge in [-0.1, -0.05) is 12.1 Å². The van der Waals surface area contributed by atoms with Gasteiger partial charge in [0.1, 0.15) is 17.1 Å². The van der Waals surface area contributed by atoms with Crippen molar-refractivity contribution in [2.75, 3.05) is 34.9 Å². The topological polar surface area (TPSA) is 87.7 Å². The van der Waals surface area contributed by atoms with Gasteiger partial charge in [0.05, 0.1) is 30.3 Å². The summed E-state index contributed by atoms with van der Waals surface area (Å²) in [5, 5.41) is 2.52. The first-order valence-electron chi connectivity index (χ1n) is 10.9. The Bertz CT molecular complexity index is 1480. The summed E-state index contributed by atoms with van der Waals surface area (Å²) in [6, 6.07) is 7.40. The van der Waals surface area contributed by atoms with Gasteiger partial charge in [-0.15, -0.1) is 0 Å². The molecule has 0 spiro atoms. The number of alkyl halides is 6. The number of ether oxygens (including phenoxy) is 1. The highest BCUT2D eigenvalue weighted by Gasteiger charge is 2.39. The van der Waals surface area contributed by atoms with Gasteiger partial charge in [-0.25, -0.2) is 13.4 Å². The molecule has 15 heteroatoms. The Morgan fingerprint density at radius 2 is 1.76 bits per heavy atom. The number of nitrogens with one attached hydrogen (secondary N) is 1. The molecule has 4 rings (SSSR count). The maximum absolute atomic E-state index is 13.9. The number of hydrogen-bond acceptors (Lipinski definition) is 7. The van der Waals surface area contributed by atoms with E-state index in [1.807, 2.05) is 0 Å². The van der Waals surface area contributed by atoms with Crippen molar-refractivity contribution in [1.82, 2.24) is 9.97 Å². The van der Waals surface area contributed by atoms with Crippen molar-refractivity contribution in [2.24, 2.45) is 0 Å². The largest absolute Gasteiger partial charge is 0.495 e. The highest BCUT2D eigenvalue weighted by Crippen LogP contribution is 2.41. The molecule has 1 aliphatic rings. The summed E-state index contributed by atoms with van der Waals surface area (Å²) in [6.45, 7) is -0.120. The molecule has 1 aromatic heterocycles. The lowest BCUT2D eigenvalue weighted by Crippen LogP contribution is -2.26. The average Bonchev–Trinajstić information content (AvgIpc) is 3.26. The zero-order valence-corrected chi connectivity index (χ0v) is 21.0. The van der Waals surface area contributed by atoms with E-state index in [9.17, 15) is 34.8 Å². The van der Waals surface area contributed by atoms with Crippen molar-refractivity contribution < 1.29 is 39.5 Å². The Hall–Kier alpha value is -3.75. The van der Waals surface area contributed by atoms with E-state index >= 15 is 0 Å². The zero-order valence-electron chi connectivity index (χ0n) is 20.1. The summed E-state index contributed by atoms with van der Waals surface area (Å²) in [4.78, 5) is 8.97. The third-order valence-electron chi connectivity index (χ3n) is 5.94. The molecule has 2 heterocycles. The molecular weight excluding hydrogens is 540 g/mol. The summed E-state index contributed by atoms with van der Waals surface area (Å²) < 4.78 is 112. The summed E-state index contributed by atoms with van der Waals surface area (Å²) in [5.74, 6) is -0.926. The Morgan fingerprint density at radius 1 is 1.05 bits per heavy atom. The Morgan fingerprint density at radius 3 is 2.37 bits per heavy atom. The number of nitrogens with zero attached hydrogens (tertiary/aromatic N) is 4. The molecule has 0 bridgehead atoms. The fraction of sp³-hybridized carbons (Fsp3) is 0.304. The molecule has 0 fully saturated rings. The van der Waals surface area contributed by atoms with E-state index in [-0.39, 0.29) is 24.5 Å². The van der Waals surface area contributed by atoms with E-state index in [1.165, 1.54) is 19.1 Å². The number of aromatic nitrogens is 2. The highest BCUT2D eigenvalue weighted by atomic mass is 32.2. The standard InChI is InChI=1S/C23H21F6N5O3S/c1-33(38(3,35)36)18-6-4-5-13-11-34(12-15(13)18)20-16(23(27,28)29)10-30-21(32-20)31-17-9-14(22(24,25)26)7-8-19(17)37-2/h4-10H,11-12H2,1-3H3,(H,30,31,32). The predicted molar refractivity (Wildman–Crippen MR) is 128 cm³/mol. The smallest absolute Gasteiger partial charge is 0.421 e. The van der Waals surface area contributed by atoms with E-state index in [1.54, 1.807) is 18.2 Å². The maximum atomic E-state index is 13.9. The number of fused-ring (bicyclic) bond motifs is 1. The van der Waals surface area contributed by atoms with E-state index in [4.69, 9.17) is 4.74 Å². The molecule has 0 radical (unpaired) electrons. The van der Waals surface area contributed by atoms with Crippen molar-refractivity contribution in [1.29, 1.82) is 0 Å². The maximum Gasteiger partial charge on any atom is 0.421 e. The van der Waals surface area contributed by atoms with Crippen molar-refractivity contribution in [3.8, 4) is 5.75 Å². The van der Waals surface area contributed by atoms with Gasteiger partial charge >= 0.3 is 12.4 Å². The van der Waals surface area contributed by atoms with E-state index in [0.717, 1.165) is 28.8 Å². The molecule has 204 valence electrons. The minimum absolute atomic E-state index is 0.00919. The first-order valence-corrected chi connectivity index (χ1v) is 12.7. The van der Waals surface area contributed by atoms with Crippen LogP contribution in [-0.4, -0.2) is 38.8 Å². The average molecular weight is 562 g/mol. The van der Waals surface area contributed by atoms with Crippen LogP contribution in [0.3, 0.4) is 0 Å². The first kappa shape index (κ1) is 27.3. The Kier molecular flexibility index (Phi) is 6.84. The molecule has 3 aromatic rings. The van der Waals surface area contributed by atoms with Crippen LogP contribution in [0.15, 0.2) is 42.6 Å². The fourth-order valence-corrected chi connectivity index (χ4v) is 4.53. The molecule has 0 aliphatic carbocycles. The van der Waals surface area contributed by atoms with Gasteiger partial charge in [0.2, 0.25) is 16.0 Å². The van der Waals surface area contributed by atoms with Crippen molar-refractivity contribution in [3.05, 3.63) is 64.8 Å². The van der Waals surface area contributed by atoms with Crippen molar-refractivity contribution in [2.45, 2.75) is 25.4 Å². The molecule has 0 atom stereocenters. The van der Waals surface area contributed by atoms with Crippen LogP contribution in [0.5, 0.6) is 5.75 Å². The summed E-state index contributed by atoms with van der Waals surface area (Å²) in [5.41, 5.74) is -0.965. The second-order valence-electron chi connectivity index (χ2n) is 8.47. The molecule has 38 heavy (non-hydrogen) atoms. The zero-order chi connectivity index (χ0) is 28.0. The van der Waals surface area contributed by atoms with Crippen LogP contribution in [-0.2, 0) is 35.5 Å². The van der Waals surface area contributed by atoms with Gasteiger partial charge < -0.3 is 15.0 Å². The number of anilines is 4. The van der Waals surface area contributed by atoms with Gasteiger partial charge in [-0.3, -0.25) is 4.31 Å². The highest BCUT2D eigenvalue weighted by molar-refractivity contribution is 7.92. The van der Waals surface area contributed by atoms with Crippen LogP contribution in [0.25, 0.3) is 0 Å². The van der Waals surface area contributed by atoms with Crippen LogP contribution < -0.4 is 19.3 Å². The molecule has 1 aliphatic heterocycles. The molecule has 8 nitrogen and oxygen atoms in total. The normalized spacial score (nSPS) is 13.9. The van der Waals surface area contributed by atoms with Gasteiger partial charge in [0.25, 0.3) is 0 Å². The minimum atomic E-state index is -4.84. The molecule has 0 saturated carbocycles. The molecular formula is C23H21F6N5O3S. The molecule has 2 aromatic carbocycles. The second-order valence-corrected chi connectivity index (χ2v) is 10.5. The van der Waals surface area contributed by atoms with Crippen LogP contribution in [0.4, 0.5) is 49.5 Å². The summed E-state index contributed by atoms with van der Waals surface area (Å²) in [7, 11) is -1.09. The number of sulfonamides is 1. The lowest BCUT2D eigenvalue weighted by molar-refractivity contribution is -0.138. The quantitative estimate of drug-likeness (QED) is 0.415. The predicted octanol–water partition coefficient (Wildman–Crippen LogP) is 5.18. The van der Waals surface area contributed by atoms with Crippen LogP contribution in [0.2, 0.25) is 0 Å². The summed E-state index contributed by atoms with van der Waals surface area (Å²) in [6.07, 6.45) is -7.97. The lowest BCUT2D eigenvalue weighted by Gasteiger charge is -2.23. The molecule has 0 unspecified atom stereocenters. The number of hydrogen-bond donors (Lipinski definition) is 1. The fourth-order valence-electron chi connectivity index (χ4n) is 4.00. The van der Waals surface area contributed by atoms with Crippen LogP contribution in [0.1, 0.15) is 22.3 Å². The second kappa shape index (κ2) is 9.53. The van der Waals surface area contributed by atoms with Gasteiger partial charge in [-0.05, 0) is 29.8 Å². The van der Waals surface area contributed by atoms with Gasteiger partial charge in [0, 0.05) is 31.9 Å². The van der Waals surface area contributed by atoms with Gasteiger partial charge in [0.15, 0.2) is 0 Å². The van der Waals surface area contributed by atoms with E-state index in [2.05, 4.69) is 15.3 Å². The first-order chi connectivity index (χ1) is 17.6. The third-order valence-corrected chi connectivity index (χ3v) is 7.13. The van der Waals surface area contributed by atoms with Crippen LogP contribution in [0, 0.1) is 0 Å². The number of rotatable bonds is 6. The Labute approximate surface area is 213 Å². The number of benzene rings is 2. The molecule has 0 saturated heterocycles. The minimum Gasteiger partial charge on any atom is -0.495 e. The molecule has 0 amide bonds. The monoisotopic (exact) mass is 561 g/mol. The van der Waals surface area contributed by atoms with Gasteiger partial charge in [-0.2, -0.15) is 31.3 Å². The Balaban J connectivity index is 1.75. The number of halogens is 6. The summed E-state index contributed by atoms with van der Waals surface area (Å²) >= 11 is 0. The van der Waals surface area contributed by atoms with E-state index in [0.29, 0.717) is 23.0 Å². The third kappa shape index (κ3) is 5.42. The van der Waals surface area contributed by atoms with Crippen molar-refractivity contribution in [3.63, 3.8) is 0 Å².